The van der Waals surface area contributed by atoms with Gasteiger partial charge in [0.1, 0.15) is 0 Å². The Morgan fingerprint density at radius 1 is 1.33 bits per heavy atom. The zero-order valence-corrected chi connectivity index (χ0v) is 8.18. The molecule has 1 unspecified atom stereocenters. The van der Waals surface area contributed by atoms with Gasteiger partial charge in [0, 0.05) is 24.7 Å². The first-order valence-corrected chi connectivity index (χ1v) is 5.09. The second-order valence-corrected chi connectivity index (χ2v) is 4.42. The number of hydrogen-bond acceptors (Lipinski definition) is 2. The number of likely N-dealkylation sites (tertiary alicyclic amines) is 1. The number of rotatable bonds is 1. The Balaban J connectivity index is 2.00. The van der Waals surface area contributed by atoms with Gasteiger partial charge in [-0.1, -0.05) is 0 Å². The zero-order chi connectivity index (χ0) is 8.60. The van der Waals surface area contributed by atoms with Crippen LogP contribution in [0.1, 0.15) is 33.1 Å². The van der Waals surface area contributed by atoms with Crippen LogP contribution in [-0.2, 0) is 4.74 Å². The summed E-state index contributed by atoms with van der Waals surface area (Å²) in [6.07, 6.45) is 3.96. The van der Waals surface area contributed by atoms with E-state index in [9.17, 15) is 0 Å². The van der Waals surface area contributed by atoms with Gasteiger partial charge in [-0.25, -0.2) is 0 Å². The van der Waals surface area contributed by atoms with Crippen LogP contribution in [0.25, 0.3) is 0 Å². The van der Waals surface area contributed by atoms with Gasteiger partial charge in [-0.3, -0.25) is 4.90 Å². The molecule has 2 heteroatoms. The zero-order valence-electron chi connectivity index (χ0n) is 8.18. The Bertz CT molecular complexity index is 161. The van der Waals surface area contributed by atoms with Crippen molar-refractivity contribution in [1.29, 1.82) is 0 Å². The van der Waals surface area contributed by atoms with E-state index < -0.39 is 0 Å². The Morgan fingerprint density at radius 3 is 2.58 bits per heavy atom. The van der Waals surface area contributed by atoms with Gasteiger partial charge in [0.25, 0.3) is 0 Å². The predicted molar refractivity (Wildman–Crippen MR) is 49.2 cm³/mol. The minimum absolute atomic E-state index is 0.451. The monoisotopic (exact) mass is 169 g/mol. The number of ether oxygens (including phenoxy) is 1. The molecule has 2 aliphatic heterocycles. The van der Waals surface area contributed by atoms with Crippen LogP contribution in [0.2, 0.25) is 0 Å². The lowest BCUT2D eigenvalue weighted by atomic mass is 9.79. The van der Waals surface area contributed by atoms with Crippen molar-refractivity contribution in [3.8, 4) is 0 Å². The summed E-state index contributed by atoms with van der Waals surface area (Å²) in [7, 11) is 0. The first-order valence-electron chi connectivity index (χ1n) is 5.09. The lowest BCUT2D eigenvalue weighted by Gasteiger charge is -2.56. The van der Waals surface area contributed by atoms with Gasteiger partial charge in [0.05, 0.1) is 6.61 Å². The summed E-state index contributed by atoms with van der Waals surface area (Å²) >= 11 is 0. The van der Waals surface area contributed by atoms with Crippen LogP contribution in [0.3, 0.4) is 0 Å². The fourth-order valence-corrected chi connectivity index (χ4v) is 2.62. The highest BCUT2D eigenvalue weighted by molar-refractivity contribution is 5.02. The molecule has 0 bridgehead atoms. The van der Waals surface area contributed by atoms with Crippen molar-refractivity contribution < 1.29 is 4.74 Å². The van der Waals surface area contributed by atoms with Crippen LogP contribution in [0.4, 0.5) is 0 Å². The van der Waals surface area contributed by atoms with Crippen LogP contribution in [0.5, 0.6) is 0 Å². The van der Waals surface area contributed by atoms with Crippen LogP contribution >= 0.6 is 0 Å². The fourth-order valence-electron chi connectivity index (χ4n) is 2.62. The van der Waals surface area contributed by atoms with Gasteiger partial charge >= 0.3 is 0 Å². The van der Waals surface area contributed by atoms with Crippen molar-refractivity contribution in [3.63, 3.8) is 0 Å². The molecule has 2 saturated heterocycles. The molecule has 1 atom stereocenters. The molecule has 0 aromatic heterocycles. The van der Waals surface area contributed by atoms with Crippen molar-refractivity contribution in [2.75, 3.05) is 19.8 Å². The molecule has 2 fully saturated rings. The average Bonchev–Trinajstić information content (AvgIpc) is 2.03. The minimum Gasteiger partial charge on any atom is -0.380 e. The van der Waals surface area contributed by atoms with Gasteiger partial charge in [0.2, 0.25) is 0 Å². The molecular formula is C10H19NO. The van der Waals surface area contributed by atoms with Gasteiger partial charge < -0.3 is 4.74 Å². The number of nitrogens with zero attached hydrogens (tertiary/aromatic N) is 1. The van der Waals surface area contributed by atoms with E-state index in [1.54, 1.807) is 0 Å². The Kier molecular flexibility index (Phi) is 2.13. The van der Waals surface area contributed by atoms with Crippen molar-refractivity contribution in [3.05, 3.63) is 0 Å². The number of hydrogen-bond donors (Lipinski definition) is 0. The summed E-state index contributed by atoms with van der Waals surface area (Å²) in [5.74, 6) is 0. The Hall–Kier alpha value is -0.0800. The van der Waals surface area contributed by atoms with E-state index in [1.165, 1.54) is 25.8 Å². The normalized spacial score (nSPS) is 37.2. The minimum atomic E-state index is 0.451. The molecule has 2 rings (SSSR count). The summed E-state index contributed by atoms with van der Waals surface area (Å²) in [5, 5.41) is 0. The van der Waals surface area contributed by atoms with Crippen LogP contribution in [-0.4, -0.2) is 36.2 Å². The van der Waals surface area contributed by atoms with E-state index in [1.807, 2.05) is 0 Å². The van der Waals surface area contributed by atoms with E-state index >= 15 is 0 Å². The molecular weight excluding hydrogens is 150 g/mol. The van der Waals surface area contributed by atoms with E-state index in [4.69, 9.17) is 4.74 Å². The largest absolute Gasteiger partial charge is 0.380 e. The first kappa shape index (κ1) is 8.52. The molecule has 70 valence electrons. The molecule has 2 heterocycles. The second kappa shape index (κ2) is 3.00. The summed E-state index contributed by atoms with van der Waals surface area (Å²) in [6.45, 7) is 7.81. The molecule has 2 nitrogen and oxygen atoms in total. The lowest BCUT2D eigenvalue weighted by molar-refractivity contribution is -0.123. The van der Waals surface area contributed by atoms with Crippen molar-refractivity contribution in [1.82, 2.24) is 4.90 Å². The highest BCUT2D eigenvalue weighted by atomic mass is 16.5. The smallest absolute Gasteiger partial charge is 0.0651 e. The molecule has 0 radical (unpaired) electrons. The van der Waals surface area contributed by atoms with E-state index in [0.29, 0.717) is 11.6 Å². The Labute approximate surface area is 74.9 Å². The summed E-state index contributed by atoms with van der Waals surface area (Å²) in [6, 6.07) is 0.695. The van der Waals surface area contributed by atoms with Crippen LogP contribution in [0, 0.1) is 0 Å². The lowest BCUT2D eigenvalue weighted by Crippen LogP contribution is -2.65. The molecule has 0 aromatic rings. The van der Waals surface area contributed by atoms with E-state index in [2.05, 4.69) is 18.7 Å². The van der Waals surface area contributed by atoms with Crippen molar-refractivity contribution in [2.24, 2.45) is 0 Å². The van der Waals surface area contributed by atoms with Crippen molar-refractivity contribution >= 4 is 0 Å². The third kappa shape index (κ3) is 1.17. The summed E-state index contributed by atoms with van der Waals surface area (Å²) in [4.78, 5) is 2.60. The van der Waals surface area contributed by atoms with E-state index in [0.717, 1.165) is 13.2 Å². The van der Waals surface area contributed by atoms with Crippen molar-refractivity contribution in [2.45, 2.75) is 44.7 Å². The standard InChI is InChI=1S/C10H19NO/c1-9(2)11-6-5-10(11)4-3-7-12-8-10/h9H,3-8H2,1-2H3. The van der Waals surface area contributed by atoms with Gasteiger partial charge in [-0.15, -0.1) is 0 Å². The molecule has 0 saturated carbocycles. The molecule has 0 aliphatic carbocycles. The molecule has 12 heavy (non-hydrogen) atoms. The average molecular weight is 169 g/mol. The second-order valence-electron chi connectivity index (χ2n) is 4.42. The van der Waals surface area contributed by atoms with Crippen LogP contribution < -0.4 is 0 Å². The molecule has 0 N–H and O–H groups in total. The highest BCUT2D eigenvalue weighted by Crippen LogP contribution is 2.38. The quantitative estimate of drug-likeness (QED) is 0.592. The first-order chi connectivity index (χ1) is 5.75. The third-order valence-corrected chi connectivity index (χ3v) is 3.35. The SMILES string of the molecule is CC(C)N1CCC12CCCOC2. The van der Waals surface area contributed by atoms with E-state index in [-0.39, 0.29) is 0 Å². The maximum absolute atomic E-state index is 5.57. The predicted octanol–water partition coefficient (Wildman–Crippen LogP) is 1.65. The van der Waals surface area contributed by atoms with Gasteiger partial charge in [-0.05, 0) is 33.1 Å². The maximum Gasteiger partial charge on any atom is 0.0651 e. The van der Waals surface area contributed by atoms with Gasteiger partial charge in [-0.2, -0.15) is 0 Å². The van der Waals surface area contributed by atoms with Gasteiger partial charge in [0.15, 0.2) is 0 Å². The highest BCUT2D eigenvalue weighted by Gasteiger charge is 2.46. The summed E-state index contributed by atoms with van der Waals surface area (Å²) in [5.41, 5.74) is 0.451. The maximum atomic E-state index is 5.57. The molecule has 0 amide bonds. The summed E-state index contributed by atoms with van der Waals surface area (Å²) < 4.78 is 5.57. The van der Waals surface area contributed by atoms with Crippen LogP contribution in [0.15, 0.2) is 0 Å². The molecule has 2 aliphatic rings. The third-order valence-electron chi connectivity index (χ3n) is 3.35. The molecule has 1 spiro atoms. The molecule has 0 aromatic carbocycles. The Morgan fingerprint density at radius 2 is 2.17 bits per heavy atom. The topological polar surface area (TPSA) is 12.5 Å². The fraction of sp³-hybridized carbons (Fsp3) is 1.00.